The van der Waals surface area contributed by atoms with Crippen LogP contribution in [0.25, 0.3) is 0 Å². The fourth-order valence-corrected chi connectivity index (χ4v) is 2.00. The number of alkyl halides is 2. The number of rotatable bonds is 2. The van der Waals surface area contributed by atoms with Crippen molar-refractivity contribution in [2.75, 3.05) is 0 Å². The standard InChI is InChI=1S/C13H8Cl2F2/c14-13(15,9-4-6-11(16)7-5-9)10-2-1-3-12(17)8-10/h1-8H. The molecule has 0 nitrogen and oxygen atoms in total. The third kappa shape index (κ3) is 2.59. The number of hydrogen-bond acceptors (Lipinski definition) is 0. The average Bonchev–Trinajstić information content (AvgIpc) is 2.29. The van der Waals surface area contributed by atoms with Crippen LogP contribution >= 0.6 is 23.2 Å². The van der Waals surface area contributed by atoms with E-state index in [0.29, 0.717) is 11.1 Å². The Morgan fingerprint density at radius 3 is 2.00 bits per heavy atom. The van der Waals surface area contributed by atoms with E-state index in [9.17, 15) is 8.78 Å². The summed E-state index contributed by atoms with van der Waals surface area (Å²) in [5.41, 5.74) is 0.903. The third-order valence-electron chi connectivity index (χ3n) is 2.39. The highest BCUT2D eigenvalue weighted by molar-refractivity contribution is 6.50. The van der Waals surface area contributed by atoms with E-state index in [0.717, 1.165) is 0 Å². The van der Waals surface area contributed by atoms with Gasteiger partial charge in [0.1, 0.15) is 11.6 Å². The monoisotopic (exact) mass is 272 g/mol. The molecule has 0 saturated carbocycles. The molecular weight excluding hydrogens is 265 g/mol. The van der Waals surface area contributed by atoms with Gasteiger partial charge in [-0.05, 0) is 35.4 Å². The van der Waals surface area contributed by atoms with Crippen LogP contribution in [0.1, 0.15) is 11.1 Å². The van der Waals surface area contributed by atoms with E-state index in [1.807, 2.05) is 0 Å². The van der Waals surface area contributed by atoms with Crippen LogP contribution in [-0.4, -0.2) is 0 Å². The zero-order chi connectivity index (χ0) is 12.5. The van der Waals surface area contributed by atoms with E-state index >= 15 is 0 Å². The van der Waals surface area contributed by atoms with E-state index in [2.05, 4.69) is 0 Å². The van der Waals surface area contributed by atoms with Crippen molar-refractivity contribution >= 4 is 23.2 Å². The smallest absolute Gasteiger partial charge is 0.168 e. The van der Waals surface area contributed by atoms with E-state index in [4.69, 9.17) is 23.2 Å². The van der Waals surface area contributed by atoms with Crippen molar-refractivity contribution in [2.45, 2.75) is 4.33 Å². The molecule has 0 spiro atoms. The Morgan fingerprint density at radius 1 is 0.765 bits per heavy atom. The minimum Gasteiger partial charge on any atom is -0.207 e. The first-order valence-electron chi connectivity index (χ1n) is 4.90. The Hall–Kier alpha value is -1.12. The van der Waals surface area contributed by atoms with Crippen molar-refractivity contribution in [3.63, 3.8) is 0 Å². The van der Waals surface area contributed by atoms with Crippen molar-refractivity contribution < 1.29 is 8.78 Å². The summed E-state index contributed by atoms with van der Waals surface area (Å²) in [6.07, 6.45) is 0. The first-order chi connectivity index (χ1) is 8.00. The molecule has 0 aliphatic carbocycles. The third-order valence-corrected chi connectivity index (χ3v) is 3.27. The van der Waals surface area contributed by atoms with Crippen molar-refractivity contribution in [1.82, 2.24) is 0 Å². The van der Waals surface area contributed by atoms with Crippen LogP contribution in [0, 0.1) is 11.6 Å². The Labute approximate surface area is 108 Å². The molecule has 0 radical (unpaired) electrons. The summed E-state index contributed by atoms with van der Waals surface area (Å²) in [6.45, 7) is 0. The normalized spacial score (nSPS) is 11.5. The molecule has 2 rings (SSSR count). The Bertz CT molecular complexity index is 521. The molecule has 0 heterocycles. The first-order valence-corrected chi connectivity index (χ1v) is 5.65. The maximum absolute atomic E-state index is 13.1. The van der Waals surface area contributed by atoms with Crippen molar-refractivity contribution in [1.29, 1.82) is 0 Å². The predicted molar refractivity (Wildman–Crippen MR) is 65.3 cm³/mol. The molecule has 0 N–H and O–H groups in total. The molecule has 4 heteroatoms. The second kappa shape index (κ2) is 4.63. The first kappa shape index (κ1) is 12.3. The molecule has 88 valence electrons. The summed E-state index contributed by atoms with van der Waals surface area (Å²) in [6, 6.07) is 11.2. The lowest BCUT2D eigenvalue weighted by molar-refractivity contribution is 0.623. The maximum atomic E-state index is 13.1. The second-order valence-electron chi connectivity index (χ2n) is 3.59. The van der Waals surface area contributed by atoms with Gasteiger partial charge in [0.05, 0.1) is 0 Å². The zero-order valence-corrected chi connectivity index (χ0v) is 10.1. The lowest BCUT2D eigenvalue weighted by atomic mass is 10.0. The molecule has 0 fully saturated rings. The Morgan fingerprint density at radius 2 is 1.41 bits per heavy atom. The summed E-state index contributed by atoms with van der Waals surface area (Å²) in [4.78, 5) is 0. The van der Waals surface area contributed by atoms with E-state index in [1.165, 1.54) is 42.5 Å². The van der Waals surface area contributed by atoms with E-state index in [-0.39, 0.29) is 5.82 Å². The van der Waals surface area contributed by atoms with Crippen LogP contribution in [0.4, 0.5) is 8.78 Å². The average molecular weight is 273 g/mol. The van der Waals surface area contributed by atoms with Crippen LogP contribution in [-0.2, 0) is 4.33 Å². The molecule has 0 saturated heterocycles. The second-order valence-corrected chi connectivity index (χ2v) is 4.92. The van der Waals surface area contributed by atoms with Crippen LogP contribution < -0.4 is 0 Å². The molecule has 0 atom stereocenters. The van der Waals surface area contributed by atoms with Gasteiger partial charge in [-0.25, -0.2) is 8.78 Å². The van der Waals surface area contributed by atoms with Crippen LogP contribution in [0.3, 0.4) is 0 Å². The van der Waals surface area contributed by atoms with E-state index in [1.54, 1.807) is 6.07 Å². The summed E-state index contributed by atoms with van der Waals surface area (Å²) >= 11 is 12.4. The molecule has 0 aliphatic rings. The van der Waals surface area contributed by atoms with Gasteiger partial charge < -0.3 is 0 Å². The number of halogens is 4. The summed E-state index contributed by atoms with van der Waals surface area (Å²) < 4.78 is 24.5. The van der Waals surface area contributed by atoms with Gasteiger partial charge in [0.2, 0.25) is 0 Å². The lowest BCUT2D eigenvalue weighted by Gasteiger charge is -2.20. The number of hydrogen-bond donors (Lipinski definition) is 0. The van der Waals surface area contributed by atoms with Gasteiger partial charge in [0, 0.05) is 0 Å². The van der Waals surface area contributed by atoms with Gasteiger partial charge >= 0.3 is 0 Å². The van der Waals surface area contributed by atoms with Gasteiger partial charge in [-0.1, -0.05) is 47.5 Å². The maximum Gasteiger partial charge on any atom is 0.168 e. The van der Waals surface area contributed by atoms with Crippen LogP contribution in [0.2, 0.25) is 0 Å². The highest BCUT2D eigenvalue weighted by Crippen LogP contribution is 2.40. The topological polar surface area (TPSA) is 0 Å². The fourth-order valence-electron chi connectivity index (χ4n) is 1.51. The fraction of sp³-hybridized carbons (Fsp3) is 0.0769. The van der Waals surface area contributed by atoms with E-state index < -0.39 is 10.2 Å². The molecule has 2 aromatic rings. The van der Waals surface area contributed by atoms with Gasteiger partial charge in [0.15, 0.2) is 4.33 Å². The lowest BCUT2D eigenvalue weighted by Crippen LogP contribution is -2.12. The van der Waals surface area contributed by atoms with Crippen LogP contribution in [0.5, 0.6) is 0 Å². The van der Waals surface area contributed by atoms with Gasteiger partial charge in [-0.2, -0.15) is 0 Å². The molecular formula is C13H8Cl2F2. The summed E-state index contributed by atoms with van der Waals surface area (Å²) in [5, 5.41) is 0. The Balaban J connectivity index is 2.45. The van der Waals surface area contributed by atoms with Crippen molar-refractivity contribution in [2.24, 2.45) is 0 Å². The van der Waals surface area contributed by atoms with Gasteiger partial charge in [-0.15, -0.1) is 0 Å². The predicted octanol–water partition coefficient (Wildman–Crippen LogP) is 4.64. The van der Waals surface area contributed by atoms with Gasteiger partial charge in [-0.3, -0.25) is 0 Å². The Kier molecular flexibility index (Phi) is 3.36. The minimum absolute atomic E-state index is 0.378. The molecule has 0 aromatic heterocycles. The molecule has 17 heavy (non-hydrogen) atoms. The van der Waals surface area contributed by atoms with Gasteiger partial charge in [0.25, 0.3) is 0 Å². The molecule has 2 aromatic carbocycles. The number of benzene rings is 2. The summed E-state index contributed by atoms with van der Waals surface area (Å²) in [5.74, 6) is -0.799. The summed E-state index contributed by atoms with van der Waals surface area (Å²) in [7, 11) is 0. The quantitative estimate of drug-likeness (QED) is 0.699. The molecule has 0 aliphatic heterocycles. The van der Waals surface area contributed by atoms with Crippen LogP contribution in [0.15, 0.2) is 48.5 Å². The highest BCUT2D eigenvalue weighted by atomic mass is 35.5. The molecule has 0 amide bonds. The zero-order valence-electron chi connectivity index (χ0n) is 8.63. The molecule has 0 unspecified atom stereocenters. The van der Waals surface area contributed by atoms with Crippen molar-refractivity contribution in [3.8, 4) is 0 Å². The molecule has 0 bridgehead atoms. The largest absolute Gasteiger partial charge is 0.207 e. The SMILES string of the molecule is Fc1ccc(C(Cl)(Cl)c2cccc(F)c2)cc1. The highest BCUT2D eigenvalue weighted by Gasteiger charge is 2.29. The van der Waals surface area contributed by atoms with Crippen molar-refractivity contribution in [3.05, 3.63) is 71.3 Å². The minimum atomic E-state index is -1.39.